The maximum atomic E-state index is 13.6. The molecule has 94 valence electrons. The predicted molar refractivity (Wildman–Crippen MR) is 72.8 cm³/mol. The molecule has 1 atom stereocenters. The van der Waals surface area contributed by atoms with Crippen molar-refractivity contribution in [3.8, 4) is 0 Å². The summed E-state index contributed by atoms with van der Waals surface area (Å²) >= 11 is 3.26. The second kappa shape index (κ2) is 5.83. The summed E-state index contributed by atoms with van der Waals surface area (Å²) in [5, 5.41) is 3.21. The zero-order valence-electron chi connectivity index (χ0n) is 10.0. The monoisotopic (exact) mass is 300 g/mol. The minimum atomic E-state index is -0.191. The van der Waals surface area contributed by atoms with Gasteiger partial charge in [-0.1, -0.05) is 15.9 Å². The lowest BCUT2D eigenvalue weighted by atomic mass is 9.98. The van der Waals surface area contributed by atoms with Crippen LogP contribution < -0.4 is 5.32 Å². The second-order valence-electron chi connectivity index (χ2n) is 4.78. The van der Waals surface area contributed by atoms with E-state index in [4.69, 9.17) is 0 Å². The molecule has 1 fully saturated rings. The third-order valence-electron chi connectivity index (χ3n) is 3.23. The highest BCUT2D eigenvalue weighted by Crippen LogP contribution is 2.21. The number of hydrogen-bond donors (Lipinski definition) is 1. The zero-order chi connectivity index (χ0) is 12.3. The van der Waals surface area contributed by atoms with Crippen LogP contribution in [0.2, 0.25) is 0 Å². The van der Waals surface area contributed by atoms with Crippen molar-refractivity contribution in [2.45, 2.75) is 12.8 Å². The van der Waals surface area contributed by atoms with Gasteiger partial charge in [-0.3, -0.25) is 0 Å². The number of hydrogen-bond acceptors (Lipinski definition) is 2. The van der Waals surface area contributed by atoms with Crippen molar-refractivity contribution in [1.29, 1.82) is 0 Å². The Kier molecular flexibility index (Phi) is 4.40. The van der Waals surface area contributed by atoms with E-state index in [9.17, 15) is 4.39 Å². The van der Waals surface area contributed by atoms with E-state index in [2.05, 4.69) is 33.2 Å². The largest absolute Gasteiger partial charge is 0.382 e. The number of halogens is 2. The van der Waals surface area contributed by atoms with Crippen molar-refractivity contribution in [1.82, 2.24) is 4.90 Å². The predicted octanol–water partition coefficient (Wildman–Crippen LogP) is 3.34. The lowest BCUT2D eigenvalue weighted by molar-refractivity contribution is 0.217. The molecule has 1 saturated heterocycles. The second-order valence-corrected chi connectivity index (χ2v) is 5.69. The van der Waals surface area contributed by atoms with Crippen LogP contribution in [-0.4, -0.2) is 31.6 Å². The van der Waals surface area contributed by atoms with Gasteiger partial charge in [-0.2, -0.15) is 0 Å². The van der Waals surface area contributed by atoms with E-state index in [1.807, 2.05) is 6.07 Å². The van der Waals surface area contributed by atoms with Gasteiger partial charge in [0.1, 0.15) is 5.82 Å². The summed E-state index contributed by atoms with van der Waals surface area (Å²) < 4.78 is 14.4. The Hall–Kier alpha value is -0.610. The SMILES string of the molecule is CN1CCCC(CNc2ccc(Br)cc2F)C1. The fraction of sp³-hybridized carbons (Fsp3) is 0.538. The molecule has 17 heavy (non-hydrogen) atoms. The van der Waals surface area contributed by atoms with E-state index < -0.39 is 0 Å². The summed E-state index contributed by atoms with van der Waals surface area (Å²) in [5.41, 5.74) is 0.599. The number of piperidine rings is 1. The molecule has 2 nitrogen and oxygen atoms in total. The maximum Gasteiger partial charge on any atom is 0.147 e. The van der Waals surface area contributed by atoms with Crippen molar-refractivity contribution in [3.05, 3.63) is 28.5 Å². The Balaban J connectivity index is 1.88. The quantitative estimate of drug-likeness (QED) is 0.921. The molecule has 0 aliphatic carbocycles. The average Bonchev–Trinajstić information content (AvgIpc) is 2.28. The average molecular weight is 301 g/mol. The minimum Gasteiger partial charge on any atom is -0.382 e. The Morgan fingerprint density at radius 2 is 2.35 bits per heavy atom. The van der Waals surface area contributed by atoms with Crippen molar-refractivity contribution >= 4 is 21.6 Å². The molecule has 1 unspecified atom stereocenters. The van der Waals surface area contributed by atoms with Crippen LogP contribution in [0.5, 0.6) is 0 Å². The Morgan fingerprint density at radius 3 is 3.06 bits per heavy atom. The summed E-state index contributed by atoms with van der Waals surface area (Å²) in [6.45, 7) is 3.14. The fourth-order valence-electron chi connectivity index (χ4n) is 2.33. The topological polar surface area (TPSA) is 15.3 Å². The normalized spacial score (nSPS) is 21.5. The summed E-state index contributed by atoms with van der Waals surface area (Å²) in [5.74, 6) is 0.431. The number of nitrogens with one attached hydrogen (secondary N) is 1. The summed E-state index contributed by atoms with van der Waals surface area (Å²) in [6.07, 6.45) is 2.47. The van der Waals surface area contributed by atoms with Gasteiger partial charge in [0.25, 0.3) is 0 Å². The fourth-order valence-corrected chi connectivity index (χ4v) is 2.66. The molecular formula is C13H18BrFN2. The Morgan fingerprint density at radius 1 is 1.53 bits per heavy atom. The first-order valence-electron chi connectivity index (χ1n) is 6.02. The molecular weight excluding hydrogens is 283 g/mol. The number of anilines is 1. The van der Waals surface area contributed by atoms with Crippen LogP contribution in [0.25, 0.3) is 0 Å². The smallest absolute Gasteiger partial charge is 0.147 e. The first-order chi connectivity index (χ1) is 8.15. The van der Waals surface area contributed by atoms with Crippen LogP contribution in [0.15, 0.2) is 22.7 Å². The third-order valence-corrected chi connectivity index (χ3v) is 3.73. The van der Waals surface area contributed by atoms with E-state index in [0.29, 0.717) is 11.6 Å². The van der Waals surface area contributed by atoms with Crippen LogP contribution in [0.3, 0.4) is 0 Å². The highest BCUT2D eigenvalue weighted by atomic mass is 79.9. The van der Waals surface area contributed by atoms with Crippen LogP contribution in [-0.2, 0) is 0 Å². The first-order valence-corrected chi connectivity index (χ1v) is 6.82. The molecule has 1 aliphatic rings. The molecule has 1 aromatic rings. The molecule has 0 spiro atoms. The molecule has 0 amide bonds. The molecule has 0 saturated carbocycles. The van der Waals surface area contributed by atoms with Gasteiger partial charge in [0.05, 0.1) is 5.69 Å². The van der Waals surface area contributed by atoms with Gasteiger partial charge in [-0.15, -0.1) is 0 Å². The summed E-state index contributed by atoms with van der Waals surface area (Å²) in [7, 11) is 2.15. The van der Waals surface area contributed by atoms with E-state index in [1.165, 1.54) is 25.5 Å². The molecule has 4 heteroatoms. The van der Waals surface area contributed by atoms with Gasteiger partial charge in [0, 0.05) is 17.6 Å². The first kappa shape index (κ1) is 12.8. The molecule has 0 radical (unpaired) electrons. The molecule has 0 aromatic heterocycles. The number of rotatable bonds is 3. The zero-order valence-corrected chi connectivity index (χ0v) is 11.6. The van der Waals surface area contributed by atoms with Gasteiger partial charge in [-0.25, -0.2) is 4.39 Å². The number of nitrogens with zero attached hydrogens (tertiary/aromatic N) is 1. The lowest BCUT2D eigenvalue weighted by Crippen LogP contribution is -2.35. The van der Waals surface area contributed by atoms with Crippen molar-refractivity contribution in [2.24, 2.45) is 5.92 Å². The minimum absolute atomic E-state index is 0.191. The van der Waals surface area contributed by atoms with Crippen molar-refractivity contribution in [3.63, 3.8) is 0 Å². The van der Waals surface area contributed by atoms with Crippen LogP contribution >= 0.6 is 15.9 Å². The van der Waals surface area contributed by atoms with E-state index in [1.54, 1.807) is 6.07 Å². The molecule has 2 rings (SSSR count). The third kappa shape index (κ3) is 3.68. The number of likely N-dealkylation sites (tertiary alicyclic amines) is 1. The maximum absolute atomic E-state index is 13.6. The van der Waals surface area contributed by atoms with E-state index in [0.717, 1.165) is 17.6 Å². The molecule has 0 bridgehead atoms. The standard InChI is InChI=1S/C13H18BrFN2/c1-17-6-2-3-10(9-17)8-16-13-5-4-11(14)7-12(13)15/h4-5,7,10,16H,2-3,6,8-9H2,1H3. The van der Waals surface area contributed by atoms with Gasteiger partial charge >= 0.3 is 0 Å². The van der Waals surface area contributed by atoms with Gasteiger partial charge < -0.3 is 10.2 Å². The van der Waals surface area contributed by atoms with Gasteiger partial charge in [0.15, 0.2) is 0 Å². The van der Waals surface area contributed by atoms with Crippen molar-refractivity contribution < 1.29 is 4.39 Å². The van der Waals surface area contributed by atoms with Crippen LogP contribution in [0, 0.1) is 11.7 Å². The van der Waals surface area contributed by atoms with Gasteiger partial charge in [-0.05, 0) is 50.6 Å². The van der Waals surface area contributed by atoms with Crippen molar-refractivity contribution in [2.75, 3.05) is 32.0 Å². The van der Waals surface area contributed by atoms with E-state index in [-0.39, 0.29) is 5.82 Å². The van der Waals surface area contributed by atoms with E-state index >= 15 is 0 Å². The van der Waals surface area contributed by atoms with Crippen LogP contribution in [0.4, 0.5) is 10.1 Å². The van der Waals surface area contributed by atoms with Crippen LogP contribution in [0.1, 0.15) is 12.8 Å². The molecule has 1 aliphatic heterocycles. The highest BCUT2D eigenvalue weighted by Gasteiger charge is 2.17. The number of benzene rings is 1. The Bertz CT molecular complexity index is 384. The highest BCUT2D eigenvalue weighted by molar-refractivity contribution is 9.10. The molecule has 1 aromatic carbocycles. The lowest BCUT2D eigenvalue weighted by Gasteiger charge is -2.30. The molecule has 1 heterocycles. The van der Waals surface area contributed by atoms with Gasteiger partial charge in [0.2, 0.25) is 0 Å². The molecule has 1 N–H and O–H groups in total. The summed E-state index contributed by atoms with van der Waals surface area (Å²) in [6, 6.07) is 5.14. The Labute approximate surface area is 110 Å². The summed E-state index contributed by atoms with van der Waals surface area (Å²) in [4.78, 5) is 2.34.